The Labute approximate surface area is 107 Å². The Morgan fingerprint density at radius 3 is 2.88 bits per heavy atom. The van der Waals surface area contributed by atoms with Gasteiger partial charge in [-0.15, -0.1) is 0 Å². The van der Waals surface area contributed by atoms with Crippen molar-refractivity contribution in [2.24, 2.45) is 0 Å². The molecule has 1 saturated carbocycles. The highest BCUT2D eigenvalue weighted by molar-refractivity contribution is 7.99. The molecular weight excluding hydrogens is 238 g/mol. The first-order valence-corrected chi connectivity index (χ1v) is 7.24. The molecule has 1 aromatic carbocycles. The summed E-state index contributed by atoms with van der Waals surface area (Å²) < 4.78 is 0. The van der Waals surface area contributed by atoms with E-state index in [4.69, 9.17) is 11.6 Å². The maximum absolute atomic E-state index is 6.14. The molecule has 2 rings (SSSR count). The highest BCUT2D eigenvalue weighted by Gasteiger charge is 2.23. The van der Waals surface area contributed by atoms with Crippen LogP contribution in [0.4, 0.5) is 0 Å². The van der Waals surface area contributed by atoms with Gasteiger partial charge in [-0.3, -0.25) is 0 Å². The Morgan fingerprint density at radius 1 is 1.38 bits per heavy atom. The molecule has 2 atom stereocenters. The molecule has 0 bridgehead atoms. The highest BCUT2D eigenvalue weighted by Crippen LogP contribution is 2.33. The van der Waals surface area contributed by atoms with E-state index in [-0.39, 0.29) is 0 Å². The second-order valence-corrected chi connectivity index (χ2v) is 6.02. The standard InChI is InChI=1S/C13H18ClNS/c1-15-11-6-7-12(8-11)16-9-10-4-2-3-5-13(10)14/h2-5,11-12,15H,6-9H2,1H3. The van der Waals surface area contributed by atoms with Crippen LogP contribution >= 0.6 is 23.4 Å². The Kier molecular flexibility index (Phi) is 4.56. The average Bonchev–Trinajstić information content (AvgIpc) is 2.76. The molecular formula is C13H18ClNS. The summed E-state index contributed by atoms with van der Waals surface area (Å²) in [5.74, 6) is 1.04. The summed E-state index contributed by atoms with van der Waals surface area (Å²) in [4.78, 5) is 0. The van der Waals surface area contributed by atoms with E-state index >= 15 is 0 Å². The first kappa shape index (κ1) is 12.3. The number of hydrogen-bond acceptors (Lipinski definition) is 2. The zero-order valence-electron chi connectivity index (χ0n) is 9.58. The summed E-state index contributed by atoms with van der Waals surface area (Å²) in [6.07, 6.45) is 3.95. The molecule has 0 spiro atoms. The van der Waals surface area contributed by atoms with E-state index in [1.165, 1.54) is 24.8 Å². The van der Waals surface area contributed by atoms with Crippen molar-refractivity contribution in [3.63, 3.8) is 0 Å². The Hall–Kier alpha value is -0.180. The molecule has 1 aromatic rings. The maximum atomic E-state index is 6.14. The lowest BCUT2D eigenvalue weighted by Gasteiger charge is -2.11. The summed E-state index contributed by atoms with van der Waals surface area (Å²) in [5, 5.41) is 5.06. The van der Waals surface area contributed by atoms with Crippen LogP contribution in [0.15, 0.2) is 24.3 Å². The third-order valence-corrected chi connectivity index (χ3v) is 4.97. The summed E-state index contributed by atoms with van der Waals surface area (Å²) in [5.41, 5.74) is 1.27. The van der Waals surface area contributed by atoms with Gasteiger partial charge in [-0.1, -0.05) is 29.8 Å². The second-order valence-electron chi connectivity index (χ2n) is 4.32. The number of nitrogens with one attached hydrogen (secondary N) is 1. The van der Waals surface area contributed by atoms with Gasteiger partial charge in [-0.25, -0.2) is 0 Å². The molecule has 0 aliphatic heterocycles. The summed E-state index contributed by atoms with van der Waals surface area (Å²) in [6, 6.07) is 8.88. The molecule has 1 N–H and O–H groups in total. The van der Waals surface area contributed by atoms with Crippen LogP contribution in [-0.4, -0.2) is 18.3 Å². The molecule has 16 heavy (non-hydrogen) atoms. The van der Waals surface area contributed by atoms with Crippen molar-refractivity contribution in [3.05, 3.63) is 34.9 Å². The fourth-order valence-corrected chi connectivity index (χ4v) is 3.80. The van der Waals surface area contributed by atoms with Crippen molar-refractivity contribution in [1.29, 1.82) is 0 Å². The minimum atomic E-state index is 0.726. The largest absolute Gasteiger partial charge is 0.317 e. The van der Waals surface area contributed by atoms with Gasteiger partial charge in [-0.2, -0.15) is 11.8 Å². The number of thioether (sulfide) groups is 1. The predicted molar refractivity (Wildman–Crippen MR) is 73.2 cm³/mol. The van der Waals surface area contributed by atoms with Crippen LogP contribution in [0.3, 0.4) is 0 Å². The first-order chi connectivity index (χ1) is 7.79. The zero-order valence-corrected chi connectivity index (χ0v) is 11.2. The highest BCUT2D eigenvalue weighted by atomic mass is 35.5. The molecule has 1 aliphatic rings. The number of benzene rings is 1. The molecule has 3 heteroatoms. The Balaban J connectivity index is 1.82. The van der Waals surface area contributed by atoms with Crippen molar-refractivity contribution < 1.29 is 0 Å². The monoisotopic (exact) mass is 255 g/mol. The minimum Gasteiger partial charge on any atom is -0.317 e. The molecule has 1 nitrogen and oxygen atoms in total. The third kappa shape index (κ3) is 3.16. The van der Waals surface area contributed by atoms with Gasteiger partial charge in [0.1, 0.15) is 0 Å². The van der Waals surface area contributed by atoms with Crippen molar-refractivity contribution >= 4 is 23.4 Å². The van der Waals surface area contributed by atoms with Gasteiger partial charge in [0, 0.05) is 22.1 Å². The van der Waals surface area contributed by atoms with Gasteiger partial charge in [0.2, 0.25) is 0 Å². The molecule has 0 amide bonds. The van der Waals surface area contributed by atoms with E-state index in [0.29, 0.717) is 0 Å². The molecule has 2 unspecified atom stereocenters. The van der Waals surface area contributed by atoms with Crippen LogP contribution in [0, 0.1) is 0 Å². The van der Waals surface area contributed by atoms with Crippen LogP contribution in [0.5, 0.6) is 0 Å². The fraction of sp³-hybridized carbons (Fsp3) is 0.538. The van der Waals surface area contributed by atoms with E-state index < -0.39 is 0 Å². The zero-order chi connectivity index (χ0) is 11.4. The van der Waals surface area contributed by atoms with Gasteiger partial charge in [0.05, 0.1) is 0 Å². The van der Waals surface area contributed by atoms with E-state index in [2.05, 4.69) is 24.5 Å². The quantitative estimate of drug-likeness (QED) is 0.880. The van der Waals surface area contributed by atoms with Crippen LogP contribution in [0.2, 0.25) is 5.02 Å². The van der Waals surface area contributed by atoms with E-state index in [1.54, 1.807) is 0 Å². The topological polar surface area (TPSA) is 12.0 Å². The van der Waals surface area contributed by atoms with Gasteiger partial charge in [-0.05, 0) is 37.9 Å². The van der Waals surface area contributed by atoms with Gasteiger partial charge in [0.25, 0.3) is 0 Å². The van der Waals surface area contributed by atoms with E-state index in [0.717, 1.165) is 22.1 Å². The number of rotatable bonds is 4. The van der Waals surface area contributed by atoms with Crippen LogP contribution in [0.25, 0.3) is 0 Å². The predicted octanol–water partition coefficient (Wildman–Crippen LogP) is 3.71. The minimum absolute atomic E-state index is 0.726. The molecule has 1 aliphatic carbocycles. The second kappa shape index (κ2) is 5.95. The summed E-state index contributed by atoms with van der Waals surface area (Å²) in [7, 11) is 2.06. The summed E-state index contributed by atoms with van der Waals surface area (Å²) in [6.45, 7) is 0. The van der Waals surface area contributed by atoms with Gasteiger partial charge in [0.15, 0.2) is 0 Å². The lowest BCUT2D eigenvalue weighted by Crippen LogP contribution is -2.21. The van der Waals surface area contributed by atoms with Crippen molar-refractivity contribution in [2.45, 2.75) is 36.3 Å². The lowest BCUT2D eigenvalue weighted by molar-refractivity contribution is 0.583. The van der Waals surface area contributed by atoms with Crippen LogP contribution in [0.1, 0.15) is 24.8 Å². The Morgan fingerprint density at radius 2 is 2.19 bits per heavy atom. The average molecular weight is 256 g/mol. The third-order valence-electron chi connectivity index (χ3n) is 3.23. The molecule has 0 radical (unpaired) electrons. The Bertz CT molecular complexity index is 342. The molecule has 88 valence electrons. The van der Waals surface area contributed by atoms with Gasteiger partial charge >= 0.3 is 0 Å². The van der Waals surface area contributed by atoms with Crippen LogP contribution < -0.4 is 5.32 Å². The smallest absolute Gasteiger partial charge is 0.0446 e. The van der Waals surface area contributed by atoms with Crippen molar-refractivity contribution in [3.8, 4) is 0 Å². The first-order valence-electron chi connectivity index (χ1n) is 5.82. The molecule has 1 fully saturated rings. The summed E-state index contributed by atoms with van der Waals surface area (Å²) >= 11 is 8.19. The van der Waals surface area contributed by atoms with Crippen molar-refractivity contribution in [1.82, 2.24) is 5.32 Å². The molecule has 0 saturated heterocycles. The SMILES string of the molecule is CNC1CCC(SCc2ccccc2Cl)C1. The van der Waals surface area contributed by atoms with E-state index in [9.17, 15) is 0 Å². The number of halogens is 1. The van der Waals surface area contributed by atoms with Crippen LogP contribution in [-0.2, 0) is 5.75 Å². The lowest BCUT2D eigenvalue weighted by atomic mass is 10.2. The van der Waals surface area contributed by atoms with Gasteiger partial charge < -0.3 is 5.32 Å². The molecule has 0 aromatic heterocycles. The molecule has 0 heterocycles. The van der Waals surface area contributed by atoms with Crippen molar-refractivity contribution in [2.75, 3.05) is 7.05 Å². The normalized spacial score (nSPS) is 24.9. The maximum Gasteiger partial charge on any atom is 0.0446 e. The van der Waals surface area contributed by atoms with E-state index in [1.807, 2.05) is 23.9 Å². The fourth-order valence-electron chi connectivity index (χ4n) is 2.18. The number of hydrogen-bond donors (Lipinski definition) is 1.